The number of nitrogens with zero attached hydrogens (tertiary/aromatic N) is 5. The quantitative estimate of drug-likeness (QED) is 0.137. The number of allylic oxidation sites excluding steroid dienone is 1. The molecule has 5 nitrogen and oxygen atoms in total. The highest BCUT2D eigenvalue weighted by Crippen LogP contribution is 2.42. The first-order chi connectivity index (χ1) is 29.8. The molecule has 5 heteroatoms. The fraction of sp³-hybridized carbons (Fsp3) is 0.0893. The molecule has 7 aromatic carbocycles. The van der Waals surface area contributed by atoms with Gasteiger partial charge < -0.3 is 0 Å². The molecule has 61 heavy (non-hydrogen) atoms. The lowest BCUT2D eigenvalue weighted by molar-refractivity contribution is 0.590. The minimum absolute atomic E-state index is 0.0678. The molecule has 0 radical (unpaired) electrons. The number of hydrogen-bond donors (Lipinski definition) is 0. The van der Waals surface area contributed by atoms with Crippen molar-refractivity contribution in [1.82, 2.24) is 19.9 Å². The molecule has 0 N–H and O–H groups in total. The summed E-state index contributed by atoms with van der Waals surface area (Å²) in [5, 5.41) is 1.01. The van der Waals surface area contributed by atoms with E-state index >= 15 is 0 Å². The number of aromatic nitrogens is 4. The second kappa shape index (κ2) is 16.6. The summed E-state index contributed by atoms with van der Waals surface area (Å²) in [6.45, 7) is 12.9. The summed E-state index contributed by atoms with van der Waals surface area (Å²) in [6.07, 6.45) is 2.16. The van der Waals surface area contributed by atoms with Crippen LogP contribution in [-0.4, -0.2) is 26.7 Å². The molecule has 0 fully saturated rings. The van der Waals surface area contributed by atoms with Crippen LogP contribution in [0.2, 0.25) is 0 Å². The third-order valence-electron chi connectivity index (χ3n) is 11.1. The van der Waals surface area contributed by atoms with Crippen molar-refractivity contribution in [2.75, 3.05) is 0 Å². The first-order valence-electron chi connectivity index (χ1n) is 20.6. The van der Waals surface area contributed by atoms with Crippen molar-refractivity contribution < 1.29 is 0 Å². The molecule has 2 heterocycles. The Bertz CT molecular complexity index is 3000. The van der Waals surface area contributed by atoms with Crippen LogP contribution in [0.4, 0.5) is 5.69 Å². The third kappa shape index (κ3) is 7.94. The Balaban J connectivity index is 1.20. The molecule has 2 aromatic heterocycles. The second-order valence-corrected chi connectivity index (χ2v) is 16.2. The molecule has 0 aliphatic carbocycles. The summed E-state index contributed by atoms with van der Waals surface area (Å²) in [5.41, 5.74) is 14.9. The molecule has 0 saturated carbocycles. The molecule has 0 amide bonds. The molecule has 9 aromatic rings. The highest BCUT2D eigenvalue weighted by Gasteiger charge is 2.20. The average molecular weight is 788 g/mol. The van der Waals surface area contributed by atoms with Gasteiger partial charge in [0.1, 0.15) is 0 Å². The highest BCUT2D eigenvalue weighted by molar-refractivity contribution is 6.01. The second-order valence-electron chi connectivity index (χ2n) is 16.2. The number of benzene rings is 7. The van der Waals surface area contributed by atoms with E-state index in [0.717, 1.165) is 83.5 Å². The normalized spacial score (nSPS) is 11.8. The Morgan fingerprint density at radius 3 is 1.59 bits per heavy atom. The summed E-state index contributed by atoms with van der Waals surface area (Å²) in [5.74, 6) is 1.83. The fourth-order valence-electron chi connectivity index (χ4n) is 7.93. The minimum atomic E-state index is 0.0678. The van der Waals surface area contributed by atoms with Crippen LogP contribution in [0.15, 0.2) is 193 Å². The molecular weight excluding hydrogens is 743 g/mol. The van der Waals surface area contributed by atoms with Crippen LogP contribution in [0.1, 0.15) is 44.4 Å². The Kier molecular flexibility index (Phi) is 10.5. The fourth-order valence-corrected chi connectivity index (χ4v) is 7.93. The Labute approximate surface area is 358 Å². The van der Waals surface area contributed by atoms with Crippen LogP contribution in [0.5, 0.6) is 0 Å². The van der Waals surface area contributed by atoms with Gasteiger partial charge in [-0.05, 0) is 82.3 Å². The van der Waals surface area contributed by atoms with Crippen LogP contribution >= 0.6 is 0 Å². The van der Waals surface area contributed by atoms with Gasteiger partial charge in [-0.1, -0.05) is 185 Å². The van der Waals surface area contributed by atoms with Gasteiger partial charge in [0.25, 0.3) is 0 Å². The van der Waals surface area contributed by atoms with Gasteiger partial charge in [0, 0.05) is 33.2 Å². The number of pyridine rings is 1. The minimum Gasteiger partial charge on any atom is -0.262 e. The van der Waals surface area contributed by atoms with E-state index in [1.165, 1.54) is 5.56 Å². The van der Waals surface area contributed by atoms with E-state index < -0.39 is 0 Å². The van der Waals surface area contributed by atoms with Gasteiger partial charge in [-0.25, -0.2) is 19.9 Å². The van der Waals surface area contributed by atoms with Crippen molar-refractivity contribution in [1.29, 1.82) is 0 Å². The summed E-state index contributed by atoms with van der Waals surface area (Å²) in [4.78, 5) is 25.1. The van der Waals surface area contributed by atoms with Crippen molar-refractivity contribution >= 4 is 28.9 Å². The molecule has 0 saturated heterocycles. The Hall–Kier alpha value is -7.63. The SMILES string of the molecule is C=Nc1c(/C(=C\C)c2ccccc2-c2cc(-c3ccccc3)cc(-c3nc(-c4ccccc4)nc(-c4ccccc4)n3)c2)ccc2ccc(-c3ccc(C(C)(C)C)cc3)nc12. The molecule has 0 atom stereocenters. The van der Waals surface area contributed by atoms with Crippen molar-refractivity contribution in [3.63, 3.8) is 0 Å². The third-order valence-corrected chi connectivity index (χ3v) is 11.1. The van der Waals surface area contributed by atoms with Gasteiger partial charge in [-0.3, -0.25) is 4.99 Å². The van der Waals surface area contributed by atoms with Crippen molar-refractivity contribution in [3.8, 4) is 67.7 Å². The smallest absolute Gasteiger partial charge is 0.164 e. The predicted octanol–water partition coefficient (Wildman–Crippen LogP) is 14.5. The number of aliphatic imine (C=N–C) groups is 1. The van der Waals surface area contributed by atoms with Gasteiger partial charge in [0.15, 0.2) is 17.5 Å². The van der Waals surface area contributed by atoms with E-state index in [4.69, 9.17) is 19.9 Å². The van der Waals surface area contributed by atoms with Gasteiger partial charge >= 0.3 is 0 Å². The summed E-state index contributed by atoms with van der Waals surface area (Å²) >= 11 is 0. The topological polar surface area (TPSA) is 63.9 Å². The van der Waals surface area contributed by atoms with Crippen molar-refractivity contribution in [2.24, 2.45) is 4.99 Å². The molecule has 0 aliphatic rings. The molecular formula is C56H45N5. The van der Waals surface area contributed by atoms with Crippen LogP contribution in [0.25, 0.3) is 84.2 Å². The molecule has 0 bridgehead atoms. The zero-order valence-corrected chi connectivity index (χ0v) is 34.8. The lowest BCUT2D eigenvalue weighted by Crippen LogP contribution is -2.10. The van der Waals surface area contributed by atoms with Crippen LogP contribution in [0.3, 0.4) is 0 Å². The highest BCUT2D eigenvalue weighted by atomic mass is 15.0. The maximum absolute atomic E-state index is 5.23. The Morgan fingerprint density at radius 2 is 1.00 bits per heavy atom. The van der Waals surface area contributed by atoms with Gasteiger partial charge in [-0.2, -0.15) is 0 Å². The van der Waals surface area contributed by atoms with Crippen LogP contribution < -0.4 is 0 Å². The maximum atomic E-state index is 5.23. The average Bonchev–Trinajstić information content (AvgIpc) is 3.32. The molecule has 0 spiro atoms. The van der Waals surface area contributed by atoms with Crippen molar-refractivity contribution in [2.45, 2.75) is 33.1 Å². The van der Waals surface area contributed by atoms with E-state index in [-0.39, 0.29) is 5.41 Å². The van der Waals surface area contributed by atoms with E-state index in [1.54, 1.807) is 0 Å². The standard InChI is InChI=1S/C56H45N5/c1-6-46(49-32-28-39-29-33-50(58-51(39)52(49)57-5)38-26-30-45(31-27-38)56(2,3)4)48-25-17-16-24-47(48)43-34-42(37-18-10-7-11-19-37)35-44(36-43)55-60-53(40-20-12-8-13-21-40)59-54(61-55)41-22-14-9-15-23-41/h6-36H,5H2,1-4H3/b46-6-. The van der Waals surface area contributed by atoms with E-state index in [2.05, 4.69) is 161 Å². The molecule has 294 valence electrons. The maximum Gasteiger partial charge on any atom is 0.164 e. The van der Waals surface area contributed by atoms with E-state index in [9.17, 15) is 0 Å². The predicted molar refractivity (Wildman–Crippen MR) is 255 cm³/mol. The summed E-state index contributed by atoms with van der Waals surface area (Å²) in [7, 11) is 0. The zero-order valence-electron chi connectivity index (χ0n) is 34.8. The summed E-state index contributed by atoms with van der Waals surface area (Å²) < 4.78 is 0. The first kappa shape index (κ1) is 38.9. The molecule has 0 unspecified atom stereocenters. The number of fused-ring (bicyclic) bond motifs is 1. The van der Waals surface area contributed by atoms with Crippen LogP contribution in [0, 0.1) is 0 Å². The summed E-state index contributed by atoms with van der Waals surface area (Å²) in [6, 6.07) is 63.0. The van der Waals surface area contributed by atoms with E-state index in [1.807, 2.05) is 66.7 Å². The Morgan fingerprint density at radius 1 is 0.475 bits per heavy atom. The number of rotatable bonds is 9. The zero-order chi connectivity index (χ0) is 41.9. The van der Waals surface area contributed by atoms with Gasteiger partial charge in [0.05, 0.1) is 16.9 Å². The lowest BCUT2D eigenvalue weighted by Gasteiger charge is -2.19. The molecule has 9 rings (SSSR count). The van der Waals surface area contributed by atoms with Gasteiger partial charge in [-0.15, -0.1) is 0 Å². The van der Waals surface area contributed by atoms with E-state index in [0.29, 0.717) is 17.5 Å². The number of hydrogen-bond acceptors (Lipinski definition) is 5. The lowest BCUT2D eigenvalue weighted by atomic mass is 9.86. The monoisotopic (exact) mass is 787 g/mol. The first-order valence-corrected chi connectivity index (χ1v) is 20.6. The van der Waals surface area contributed by atoms with Gasteiger partial charge in [0.2, 0.25) is 0 Å². The van der Waals surface area contributed by atoms with Crippen molar-refractivity contribution in [3.05, 3.63) is 205 Å². The molecule has 0 aliphatic heterocycles. The largest absolute Gasteiger partial charge is 0.262 e. The van der Waals surface area contributed by atoms with Crippen LogP contribution in [-0.2, 0) is 5.41 Å².